The van der Waals surface area contributed by atoms with Crippen molar-refractivity contribution in [3.8, 4) is 0 Å². The van der Waals surface area contributed by atoms with Crippen LogP contribution in [0, 0.1) is 5.92 Å². The highest BCUT2D eigenvalue weighted by Crippen LogP contribution is 2.06. The first-order valence-corrected chi connectivity index (χ1v) is 8.47. The topological polar surface area (TPSA) is 44.0 Å². The molecule has 0 atom stereocenters. The van der Waals surface area contributed by atoms with Gasteiger partial charge in [0.2, 0.25) is 0 Å². The SMILES string of the molecule is CCNC(=NCCc1ccco1)N1CCN(CC(C)C)CC1.I. The standard InChI is InChI=1S/C17H30N4O.HI/c1-4-18-17(19-8-7-16-6-5-13-22-16)21-11-9-20(10-12-21)14-15(2)3;/h5-6,13,15H,4,7-12,14H2,1-3H3,(H,18,19);1H. The normalized spacial score (nSPS) is 16.5. The Kier molecular flexibility index (Phi) is 9.62. The van der Waals surface area contributed by atoms with E-state index in [4.69, 9.17) is 9.41 Å². The van der Waals surface area contributed by atoms with Crippen LogP contribution in [0.15, 0.2) is 27.8 Å². The Hall–Kier alpha value is -0.760. The number of piperazine rings is 1. The summed E-state index contributed by atoms with van der Waals surface area (Å²) in [4.78, 5) is 9.68. The second-order valence-corrected chi connectivity index (χ2v) is 6.25. The highest BCUT2D eigenvalue weighted by molar-refractivity contribution is 14.0. The molecule has 1 N–H and O–H groups in total. The molecule has 1 saturated heterocycles. The average Bonchev–Trinajstić information content (AvgIpc) is 3.00. The van der Waals surface area contributed by atoms with Crippen LogP contribution in [0.3, 0.4) is 0 Å². The van der Waals surface area contributed by atoms with Gasteiger partial charge in [-0.2, -0.15) is 0 Å². The Morgan fingerprint density at radius 3 is 2.61 bits per heavy atom. The minimum Gasteiger partial charge on any atom is -0.469 e. The lowest BCUT2D eigenvalue weighted by atomic mass is 10.2. The molecule has 23 heavy (non-hydrogen) atoms. The zero-order chi connectivity index (χ0) is 15.8. The number of aliphatic imine (C=N–C) groups is 1. The predicted molar refractivity (Wildman–Crippen MR) is 107 cm³/mol. The van der Waals surface area contributed by atoms with E-state index in [0.717, 1.165) is 63.3 Å². The van der Waals surface area contributed by atoms with E-state index in [1.165, 1.54) is 6.54 Å². The number of halogens is 1. The van der Waals surface area contributed by atoms with Crippen molar-refractivity contribution >= 4 is 29.9 Å². The van der Waals surface area contributed by atoms with Crippen LogP contribution in [0.1, 0.15) is 26.5 Å². The first-order chi connectivity index (χ1) is 10.7. The van der Waals surface area contributed by atoms with Crippen LogP contribution in [0.4, 0.5) is 0 Å². The number of hydrogen-bond donors (Lipinski definition) is 1. The Morgan fingerprint density at radius 1 is 1.30 bits per heavy atom. The molecule has 1 aliphatic heterocycles. The summed E-state index contributed by atoms with van der Waals surface area (Å²) in [5.74, 6) is 2.78. The number of furan rings is 1. The van der Waals surface area contributed by atoms with Gasteiger partial charge in [-0.3, -0.25) is 9.89 Å². The van der Waals surface area contributed by atoms with Gasteiger partial charge in [0.15, 0.2) is 5.96 Å². The van der Waals surface area contributed by atoms with E-state index in [1.54, 1.807) is 6.26 Å². The molecule has 0 amide bonds. The van der Waals surface area contributed by atoms with Gasteiger partial charge in [0.25, 0.3) is 0 Å². The fourth-order valence-electron chi connectivity index (χ4n) is 2.81. The third kappa shape index (κ3) is 7.12. The Balaban J connectivity index is 0.00000264. The minimum absolute atomic E-state index is 0. The van der Waals surface area contributed by atoms with Crippen molar-refractivity contribution in [2.75, 3.05) is 45.8 Å². The number of nitrogens with one attached hydrogen (secondary N) is 1. The van der Waals surface area contributed by atoms with Crippen LogP contribution < -0.4 is 5.32 Å². The van der Waals surface area contributed by atoms with E-state index in [9.17, 15) is 0 Å². The highest BCUT2D eigenvalue weighted by Gasteiger charge is 2.19. The highest BCUT2D eigenvalue weighted by atomic mass is 127. The van der Waals surface area contributed by atoms with Crippen molar-refractivity contribution in [2.24, 2.45) is 10.9 Å². The van der Waals surface area contributed by atoms with E-state index in [-0.39, 0.29) is 24.0 Å². The molecule has 0 unspecified atom stereocenters. The fourth-order valence-corrected chi connectivity index (χ4v) is 2.81. The third-order valence-electron chi connectivity index (χ3n) is 3.83. The maximum Gasteiger partial charge on any atom is 0.194 e. The lowest BCUT2D eigenvalue weighted by Crippen LogP contribution is -2.53. The summed E-state index contributed by atoms with van der Waals surface area (Å²) in [5, 5.41) is 3.41. The zero-order valence-electron chi connectivity index (χ0n) is 14.6. The smallest absolute Gasteiger partial charge is 0.194 e. The van der Waals surface area contributed by atoms with E-state index < -0.39 is 0 Å². The molecule has 0 bridgehead atoms. The molecule has 0 saturated carbocycles. The summed E-state index contributed by atoms with van der Waals surface area (Å²) >= 11 is 0. The molecule has 0 radical (unpaired) electrons. The average molecular weight is 434 g/mol. The Labute approximate surface area is 157 Å². The summed E-state index contributed by atoms with van der Waals surface area (Å²) in [6.45, 7) is 13.9. The molecule has 0 spiro atoms. The molecule has 1 aromatic heterocycles. The molecule has 6 heteroatoms. The van der Waals surface area contributed by atoms with Crippen LogP contribution >= 0.6 is 24.0 Å². The largest absolute Gasteiger partial charge is 0.469 e. The number of hydrogen-bond acceptors (Lipinski definition) is 3. The number of rotatable bonds is 6. The first kappa shape index (κ1) is 20.3. The van der Waals surface area contributed by atoms with E-state index >= 15 is 0 Å². The van der Waals surface area contributed by atoms with Crippen LogP contribution in [0.2, 0.25) is 0 Å². The van der Waals surface area contributed by atoms with Gasteiger partial charge in [0.05, 0.1) is 6.26 Å². The van der Waals surface area contributed by atoms with Gasteiger partial charge in [-0.1, -0.05) is 13.8 Å². The second-order valence-electron chi connectivity index (χ2n) is 6.25. The summed E-state index contributed by atoms with van der Waals surface area (Å²) in [6.07, 6.45) is 2.58. The molecular weight excluding hydrogens is 403 g/mol. The van der Waals surface area contributed by atoms with Crippen LogP contribution in [-0.4, -0.2) is 61.6 Å². The van der Waals surface area contributed by atoms with E-state index in [1.807, 2.05) is 12.1 Å². The summed E-state index contributed by atoms with van der Waals surface area (Å²) in [7, 11) is 0. The zero-order valence-corrected chi connectivity index (χ0v) is 17.0. The monoisotopic (exact) mass is 434 g/mol. The first-order valence-electron chi connectivity index (χ1n) is 8.47. The minimum atomic E-state index is 0. The molecule has 0 aromatic carbocycles. The summed E-state index contributed by atoms with van der Waals surface area (Å²) in [6, 6.07) is 3.94. The lowest BCUT2D eigenvalue weighted by molar-refractivity contribution is 0.164. The Bertz CT molecular complexity index is 439. The van der Waals surface area contributed by atoms with Crippen molar-refractivity contribution < 1.29 is 4.42 Å². The summed E-state index contributed by atoms with van der Waals surface area (Å²) in [5.41, 5.74) is 0. The molecule has 132 valence electrons. The predicted octanol–water partition coefficient (Wildman–Crippen LogP) is 2.68. The molecular formula is C17H31IN4O. The Morgan fingerprint density at radius 2 is 2.04 bits per heavy atom. The maximum atomic E-state index is 5.36. The number of nitrogens with zero attached hydrogens (tertiary/aromatic N) is 3. The van der Waals surface area contributed by atoms with Gasteiger partial charge in [-0.25, -0.2) is 0 Å². The fraction of sp³-hybridized carbons (Fsp3) is 0.706. The van der Waals surface area contributed by atoms with Gasteiger partial charge in [0, 0.05) is 52.2 Å². The van der Waals surface area contributed by atoms with Gasteiger partial charge < -0.3 is 14.6 Å². The second kappa shape index (κ2) is 10.9. The molecule has 2 rings (SSSR count). The molecule has 1 aromatic rings. The van der Waals surface area contributed by atoms with Crippen molar-refractivity contribution in [1.82, 2.24) is 15.1 Å². The van der Waals surface area contributed by atoms with Crippen molar-refractivity contribution in [1.29, 1.82) is 0 Å². The summed E-state index contributed by atoms with van der Waals surface area (Å²) < 4.78 is 5.36. The molecule has 2 heterocycles. The quantitative estimate of drug-likeness (QED) is 0.425. The van der Waals surface area contributed by atoms with Gasteiger partial charge >= 0.3 is 0 Å². The van der Waals surface area contributed by atoms with Gasteiger partial charge in [0.1, 0.15) is 5.76 Å². The molecule has 5 nitrogen and oxygen atoms in total. The van der Waals surface area contributed by atoms with Gasteiger partial charge in [-0.15, -0.1) is 24.0 Å². The van der Waals surface area contributed by atoms with E-state index in [0.29, 0.717) is 0 Å². The van der Waals surface area contributed by atoms with Crippen LogP contribution in [-0.2, 0) is 6.42 Å². The lowest BCUT2D eigenvalue weighted by Gasteiger charge is -2.37. The maximum absolute atomic E-state index is 5.36. The van der Waals surface area contributed by atoms with Crippen molar-refractivity contribution in [3.63, 3.8) is 0 Å². The number of guanidine groups is 1. The van der Waals surface area contributed by atoms with Crippen LogP contribution in [0.25, 0.3) is 0 Å². The van der Waals surface area contributed by atoms with Crippen molar-refractivity contribution in [3.05, 3.63) is 24.2 Å². The molecule has 0 aliphatic carbocycles. The van der Waals surface area contributed by atoms with E-state index in [2.05, 4.69) is 35.9 Å². The molecule has 1 fully saturated rings. The third-order valence-corrected chi connectivity index (χ3v) is 3.83. The van der Waals surface area contributed by atoms with Crippen molar-refractivity contribution in [2.45, 2.75) is 27.2 Å². The van der Waals surface area contributed by atoms with Gasteiger partial charge in [-0.05, 0) is 25.0 Å². The molecule has 1 aliphatic rings. The van der Waals surface area contributed by atoms with Crippen LogP contribution in [0.5, 0.6) is 0 Å².